The van der Waals surface area contributed by atoms with Gasteiger partial charge in [0.2, 0.25) is 0 Å². The van der Waals surface area contributed by atoms with Crippen LogP contribution in [0.5, 0.6) is 0 Å². The molecule has 2 fully saturated rings. The van der Waals surface area contributed by atoms with Gasteiger partial charge in [-0.3, -0.25) is 4.84 Å². The van der Waals surface area contributed by atoms with Crippen LogP contribution in [0.15, 0.2) is 0 Å². The molecule has 0 aliphatic carbocycles. The van der Waals surface area contributed by atoms with Crippen molar-refractivity contribution in [2.75, 3.05) is 11.6 Å². The number of rotatable bonds is 0. The van der Waals surface area contributed by atoms with Crippen LogP contribution in [0.25, 0.3) is 0 Å². The topological polar surface area (TPSA) is 33.7 Å². The maximum atomic E-state index is 4.91. The SMILES string of the molecule is C1SCN2ONOC12. The Morgan fingerprint density at radius 3 is 3.62 bits per heavy atom. The molecule has 0 aromatic carbocycles. The van der Waals surface area contributed by atoms with Gasteiger partial charge in [-0.15, -0.1) is 16.8 Å². The zero-order chi connectivity index (χ0) is 5.40. The van der Waals surface area contributed by atoms with Gasteiger partial charge < -0.3 is 0 Å². The predicted molar refractivity (Wildman–Crippen MR) is 28.3 cm³/mol. The summed E-state index contributed by atoms with van der Waals surface area (Å²) >= 11 is 1.80. The van der Waals surface area contributed by atoms with Crippen LogP contribution in [-0.2, 0) is 9.78 Å². The van der Waals surface area contributed by atoms with Crippen molar-refractivity contribution in [3.63, 3.8) is 0 Å². The van der Waals surface area contributed by atoms with Crippen LogP contribution in [0.4, 0.5) is 0 Å². The molecule has 0 saturated carbocycles. The van der Waals surface area contributed by atoms with Gasteiger partial charge in [0.25, 0.3) is 0 Å². The predicted octanol–water partition coefficient (Wildman–Crippen LogP) is -0.300. The van der Waals surface area contributed by atoms with Crippen molar-refractivity contribution < 1.29 is 9.78 Å². The van der Waals surface area contributed by atoms with Crippen molar-refractivity contribution in [2.24, 2.45) is 0 Å². The third-order valence-electron chi connectivity index (χ3n) is 1.14. The lowest BCUT2D eigenvalue weighted by molar-refractivity contribution is -0.172. The van der Waals surface area contributed by atoms with Crippen LogP contribution < -0.4 is 5.64 Å². The normalized spacial score (nSPS) is 38.2. The molecule has 1 atom stereocenters. The lowest BCUT2D eigenvalue weighted by Crippen LogP contribution is -2.22. The van der Waals surface area contributed by atoms with Gasteiger partial charge in [0.15, 0.2) is 6.23 Å². The van der Waals surface area contributed by atoms with Gasteiger partial charge in [0, 0.05) is 5.75 Å². The number of fused-ring (bicyclic) bond motifs is 1. The molecule has 0 bridgehead atoms. The first-order chi connectivity index (χ1) is 3.97. The summed E-state index contributed by atoms with van der Waals surface area (Å²) in [6.45, 7) is 0. The molecule has 46 valence electrons. The fraction of sp³-hybridized carbons (Fsp3) is 1.00. The van der Waals surface area contributed by atoms with Crippen molar-refractivity contribution in [3.05, 3.63) is 0 Å². The van der Waals surface area contributed by atoms with E-state index in [-0.39, 0.29) is 6.23 Å². The quantitative estimate of drug-likeness (QED) is 0.492. The van der Waals surface area contributed by atoms with Crippen LogP contribution >= 0.6 is 11.8 Å². The lowest BCUT2D eigenvalue weighted by Gasteiger charge is -2.03. The summed E-state index contributed by atoms with van der Waals surface area (Å²) in [6, 6.07) is 0. The van der Waals surface area contributed by atoms with Gasteiger partial charge in [0.05, 0.1) is 5.88 Å². The van der Waals surface area contributed by atoms with Crippen LogP contribution in [0.3, 0.4) is 0 Å². The molecule has 2 aliphatic rings. The second-order valence-electron chi connectivity index (χ2n) is 1.66. The number of hydroxylamine groups is 2. The molecule has 0 amide bonds. The van der Waals surface area contributed by atoms with Crippen LogP contribution in [0, 0.1) is 0 Å². The summed E-state index contributed by atoms with van der Waals surface area (Å²) in [5.74, 6) is 1.89. The van der Waals surface area contributed by atoms with Crippen molar-refractivity contribution in [3.8, 4) is 0 Å². The smallest absolute Gasteiger partial charge is 0.168 e. The minimum Gasteiger partial charge on any atom is -0.253 e. The molecule has 1 unspecified atom stereocenters. The molecule has 2 saturated heterocycles. The third-order valence-corrected chi connectivity index (χ3v) is 2.10. The van der Waals surface area contributed by atoms with E-state index >= 15 is 0 Å². The Kier molecular flexibility index (Phi) is 1.16. The average molecular weight is 134 g/mol. The van der Waals surface area contributed by atoms with E-state index < -0.39 is 0 Å². The minimum atomic E-state index is 0.139. The highest BCUT2D eigenvalue weighted by Crippen LogP contribution is 2.23. The minimum absolute atomic E-state index is 0.139. The van der Waals surface area contributed by atoms with Gasteiger partial charge in [-0.25, -0.2) is 0 Å². The second-order valence-corrected chi connectivity index (χ2v) is 2.66. The monoisotopic (exact) mass is 134 g/mol. The summed E-state index contributed by atoms with van der Waals surface area (Å²) in [4.78, 5) is 9.73. The van der Waals surface area contributed by atoms with Crippen molar-refractivity contribution in [1.82, 2.24) is 10.7 Å². The van der Waals surface area contributed by atoms with Gasteiger partial charge in [-0.05, 0) is 0 Å². The summed E-state index contributed by atoms with van der Waals surface area (Å²) < 4.78 is 0. The molecule has 0 aromatic heterocycles. The van der Waals surface area contributed by atoms with Gasteiger partial charge in [-0.1, -0.05) is 5.64 Å². The third kappa shape index (κ3) is 0.636. The molecule has 2 aliphatic heterocycles. The fourth-order valence-corrected chi connectivity index (χ4v) is 1.65. The van der Waals surface area contributed by atoms with Crippen molar-refractivity contribution in [1.29, 1.82) is 0 Å². The van der Waals surface area contributed by atoms with E-state index in [2.05, 4.69) is 5.64 Å². The number of nitrogens with one attached hydrogen (secondary N) is 1. The van der Waals surface area contributed by atoms with E-state index in [1.165, 1.54) is 0 Å². The zero-order valence-corrected chi connectivity index (χ0v) is 4.98. The molecule has 0 spiro atoms. The lowest BCUT2D eigenvalue weighted by atomic mass is 10.7. The molecule has 8 heavy (non-hydrogen) atoms. The summed E-state index contributed by atoms with van der Waals surface area (Å²) in [5, 5.41) is 1.77. The van der Waals surface area contributed by atoms with E-state index in [1.54, 1.807) is 16.8 Å². The molecule has 0 aromatic rings. The highest BCUT2D eigenvalue weighted by atomic mass is 32.2. The van der Waals surface area contributed by atoms with Crippen molar-refractivity contribution in [2.45, 2.75) is 6.23 Å². The summed E-state index contributed by atoms with van der Waals surface area (Å²) in [5.41, 5.74) is 2.34. The maximum Gasteiger partial charge on any atom is 0.168 e. The Hall–Kier alpha value is 0.190. The molecule has 1 N–H and O–H groups in total. The number of hydrogen-bond acceptors (Lipinski definition) is 5. The Morgan fingerprint density at radius 2 is 2.75 bits per heavy atom. The van der Waals surface area contributed by atoms with E-state index in [0.717, 1.165) is 11.6 Å². The first-order valence-electron chi connectivity index (χ1n) is 2.39. The van der Waals surface area contributed by atoms with E-state index in [4.69, 9.17) is 9.78 Å². The molecule has 2 heterocycles. The Morgan fingerprint density at radius 1 is 1.75 bits per heavy atom. The molecular weight excluding hydrogens is 128 g/mol. The number of thioether (sulfide) groups is 1. The molecule has 0 radical (unpaired) electrons. The van der Waals surface area contributed by atoms with Crippen LogP contribution in [0.2, 0.25) is 0 Å². The average Bonchev–Trinajstić information content (AvgIpc) is 2.15. The van der Waals surface area contributed by atoms with Crippen LogP contribution in [0.1, 0.15) is 0 Å². The first kappa shape index (κ1) is 5.01. The summed E-state index contributed by atoms with van der Waals surface area (Å²) in [7, 11) is 0. The molecular formula is C3H6N2O2S. The molecule has 5 heteroatoms. The van der Waals surface area contributed by atoms with E-state index in [9.17, 15) is 0 Å². The second kappa shape index (κ2) is 1.85. The summed E-state index contributed by atoms with van der Waals surface area (Å²) in [6.07, 6.45) is 0.139. The number of hydrogen-bond donors (Lipinski definition) is 1. The van der Waals surface area contributed by atoms with E-state index in [1.807, 2.05) is 0 Å². The maximum absolute atomic E-state index is 4.91. The molecule has 2 rings (SSSR count). The highest BCUT2D eigenvalue weighted by molar-refractivity contribution is 7.99. The van der Waals surface area contributed by atoms with Gasteiger partial charge in [0.1, 0.15) is 0 Å². The largest absolute Gasteiger partial charge is 0.253 e. The highest BCUT2D eigenvalue weighted by Gasteiger charge is 2.32. The standard InChI is InChI=1S/C3H6N2O2S/c1-3-5(2-8-1)7-4-6-3/h3-4H,1-2H2. The van der Waals surface area contributed by atoms with E-state index in [0.29, 0.717) is 0 Å². The Balaban J connectivity index is 2.04. The van der Waals surface area contributed by atoms with Crippen LogP contribution in [-0.4, -0.2) is 22.9 Å². The molecule has 4 nitrogen and oxygen atoms in total. The fourth-order valence-electron chi connectivity index (χ4n) is 0.713. The first-order valence-corrected chi connectivity index (χ1v) is 3.54. The Labute approximate surface area is 51.0 Å². The zero-order valence-electron chi connectivity index (χ0n) is 4.16. The van der Waals surface area contributed by atoms with Gasteiger partial charge in [-0.2, -0.15) is 4.94 Å². The number of nitrogens with zero attached hydrogens (tertiary/aromatic N) is 1. The van der Waals surface area contributed by atoms with Gasteiger partial charge >= 0.3 is 0 Å². The Bertz CT molecular complexity index is 81.3. The van der Waals surface area contributed by atoms with Crippen molar-refractivity contribution >= 4 is 11.8 Å².